The van der Waals surface area contributed by atoms with Crippen molar-refractivity contribution >= 4 is 22.9 Å². The van der Waals surface area contributed by atoms with Crippen molar-refractivity contribution in [3.63, 3.8) is 0 Å². The van der Waals surface area contributed by atoms with Crippen LogP contribution in [0.5, 0.6) is 0 Å². The zero-order chi connectivity index (χ0) is 17.8. The van der Waals surface area contributed by atoms with Crippen LogP contribution in [0.4, 0.5) is 10.5 Å². The molecule has 2 aromatic rings. The highest BCUT2D eigenvalue weighted by molar-refractivity contribution is 8.11. The van der Waals surface area contributed by atoms with Crippen molar-refractivity contribution in [2.24, 2.45) is 5.14 Å². The molecule has 0 fully saturated rings. The largest absolute Gasteiger partial charge is 0.315 e. The topological polar surface area (TPSA) is 72.9 Å². The molecule has 0 bridgehead atoms. The van der Waals surface area contributed by atoms with E-state index in [2.05, 4.69) is 30.3 Å². The van der Waals surface area contributed by atoms with Gasteiger partial charge in [0.05, 0.1) is 0 Å². The zero-order valence-electron chi connectivity index (χ0n) is 14.9. The molecule has 134 valence electrons. The van der Waals surface area contributed by atoms with Crippen LogP contribution in [0.2, 0.25) is 0 Å². The van der Waals surface area contributed by atoms with Gasteiger partial charge >= 0.3 is 0 Å². The summed E-state index contributed by atoms with van der Waals surface area (Å²) >= 11 is 0.761. The first-order chi connectivity index (χ1) is 12.1. The number of rotatable bonds is 2. The van der Waals surface area contributed by atoms with Crippen LogP contribution in [0.15, 0.2) is 24.5 Å². The van der Waals surface area contributed by atoms with Crippen molar-refractivity contribution in [3.05, 3.63) is 46.8 Å². The number of anilines is 1. The lowest BCUT2D eigenvalue weighted by atomic mass is 9.99. The van der Waals surface area contributed by atoms with Gasteiger partial charge in [0.2, 0.25) is 0 Å². The fourth-order valence-corrected chi connectivity index (χ4v) is 3.85. The van der Waals surface area contributed by atoms with Gasteiger partial charge in [-0.15, -0.1) is 0 Å². The molecule has 0 unspecified atom stereocenters. The Balaban J connectivity index is 0.000000192. The number of nitrogens with one attached hydrogen (secondary N) is 1. The van der Waals surface area contributed by atoms with Gasteiger partial charge in [-0.05, 0) is 80.7 Å². The van der Waals surface area contributed by atoms with Crippen LogP contribution >= 0.6 is 11.9 Å². The van der Waals surface area contributed by atoms with Gasteiger partial charge in [0.25, 0.3) is 5.24 Å². The molecular formula is C19H26N4OS. The second kappa shape index (κ2) is 8.06. The second-order valence-electron chi connectivity index (χ2n) is 6.84. The molecular weight excluding hydrogens is 332 g/mol. The highest BCUT2D eigenvalue weighted by Crippen LogP contribution is 2.38. The predicted octanol–water partition coefficient (Wildman–Crippen LogP) is 4.27. The molecule has 0 saturated heterocycles. The summed E-state index contributed by atoms with van der Waals surface area (Å²) in [5.41, 5.74) is 6.66. The summed E-state index contributed by atoms with van der Waals surface area (Å²) < 4.78 is 1.92. The standard InChI is InChI=1S/C13H16N2OS.C6H10N2/c14-17-13(16)15-12-10-5-1-3-8(10)7-9-4-2-6-11(9)12;1-6(2)8-5-3-4-7-8/h7H,1-6,14H2,(H,15,16);3-6H,1-2H3. The highest BCUT2D eigenvalue weighted by atomic mass is 32.2. The molecule has 4 rings (SSSR count). The quantitative estimate of drug-likeness (QED) is 0.787. The predicted molar refractivity (Wildman–Crippen MR) is 104 cm³/mol. The SMILES string of the molecule is CC(C)n1cccn1.NSC(=O)Nc1c2c(cc3c1CCC3)CCC2. The van der Waals surface area contributed by atoms with E-state index in [1.54, 1.807) is 6.20 Å². The van der Waals surface area contributed by atoms with Crippen LogP contribution in [0.3, 0.4) is 0 Å². The number of benzene rings is 1. The lowest BCUT2D eigenvalue weighted by Gasteiger charge is -2.15. The van der Waals surface area contributed by atoms with Crippen LogP contribution in [0.25, 0.3) is 0 Å². The Morgan fingerprint density at radius 1 is 1.20 bits per heavy atom. The Morgan fingerprint density at radius 2 is 1.84 bits per heavy atom. The van der Waals surface area contributed by atoms with Crippen molar-refractivity contribution in [1.82, 2.24) is 9.78 Å². The molecule has 25 heavy (non-hydrogen) atoms. The Labute approximate surface area is 153 Å². The van der Waals surface area contributed by atoms with Gasteiger partial charge in [0.15, 0.2) is 0 Å². The summed E-state index contributed by atoms with van der Waals surface area (Å²) in [7, 11) is 0. The lowest BCUT2D eigenvalue weighted by Crippen LogP contribution is -2.11. The lowest BCUT2D eigenvalue weighted by molar-refractivity contribution is 0.269. The molecule has 0 atom stereocenters. The van der Waals surface area contributed by atoms with E-state index in [0.717, 1.165) is 43.3 Å². The number of carbonyl (C=O) groups excluding carboxylic acids is 1. The first kappa shape index (κ1) is 18.0. The summed E-state index contributed by atoms with van der Waals surface area (Å²) in [6.45, 7) is 4.21. The van der Waals surface area contributed by atoms with E-state index in [-0.39, 0.29) is 5.24 Å². The maximum absolute atomic E-state index is 11.5. The number of nitrogens with two attached hydrogens (primary N) is 1. The number of nitrogens with zero attached hydrogens (tertiary/aromatic N) is 2. The third kappa shape index (κ3) is 4.07. The molecule has 3 N–H and O–H groups in total. The molecule has 1 amide bonds. The third-order valence-electron chi connectivity index (χ3n) is 4.86. The molecule has 0 spiro atoms. The van der Waals surface area contributed by atoms with Gasteiger partial charge in [-0.25, -0.2) is 0 Å². The number of carbonyl (C=O) groups is 1. The molecule has 0 saturated carbocycles. The molecule has 1 heterocycles. The molecule has 2 aliphatic carbocycles. The first-order valence-electron chi connectivity index (χ1n) is 8.93. The van der Waals surface area contributed by atoms with Gasteiger partial charge in [-0.2, -0.15) is 5.10 Å². The summed E-state index contributed by atoms with van der Waals surface area (Å²) in [5.74, 6) is 0. The third-order valence-corrected chi connectivity index (χ3v) is 5.18. The van der Waals surface area contributed by atoms with E-state index in [1.165, 1.54) is 35.1 Å². The van der Waals surface area contributed by atoms with Crippen LogP contribution in [-0.4, -0.2) is 15.0 Å². The molecule has 5 nitrogen and oxygen atoms in total. The van der Waals surface area contributed by atoms with E-state index in [0.29, 0.717) is 6.04 Å². The molecule has 0 radical (unpaired) electrons. The van der Waals surface area contributed by atoms with Crippen molar-refractivity contribution in [2.45, 2.75) is 58.4 Å². The number of aryl methyl sites for hydroxylation is 2. The molecule has 1 aromatic carbocycles. The average molecular weight is 359 g/mol. The normalized spacial score (nSPS) is 14.7. The Morgan fingerprint density at radius 3 is 2.28 bits per heavy atom. The summed E-state index contributed by atoms with van der Waals surface area (Å²) in [6.07, 6.45) is 10.7. The van der Waals surface area contributed by atoms with E-state index >= 15 is 0 Å². The molecule has 0 aliphatic heterocycles. The van der Waals surface area contributed by atoms with Crippen molar-refractivity contribution in [2.75, 3.05) is 5.32 Å². The molecule has 2 aliphatic rings. The minimum absolute atomic E-state index is 0.153. The monoisotopic (exact) mass is 358 g/mol. The van der Waals surface area contributed by atoms with Crippen molar-refractivity contribution in [3.8, 4) is 0 Å². The van der Waals surface area contributed by atoms with E-state index in [1.807, 2.05) is 16.9 Å². The van der Waals surface area contributed by atoms with Gasteiger partial charge in [-0.1, -0.05) is 6.07 Å². The maximum atomic E-state index is 11.5. The Kier molecular flexibility index (Phi) is 5.81. The maximum Gasteiger partial charge on any atom is 0.298 e. The Bertz CT molecular complexity index is 708. The minimum atomic E-state index is -0.153. The van der Waals surface area contributed by atoms with Gasteiger partial charge < -0.3 is 5.32 Å². The van der Waals surface area contributed by atoms with Gasteiger partial charge in [-0.3, -0.25) is 14.6 Å². The fraction of sp³-hybridized carbons (Fsp3) is 0.474. The number of amides is 1. The number of aromatic nitrogens is 2. The molecule has 1 aromatic heterocycles. The number of hydrogen-bond donors (Lipinski definition) is 2. The van der Waals surface area contributed by atoms with Crippen molar-refractivity contribution in [1.29, 1.82) is 0 Å². The summed E-state index contributed by atoms with van der Waals surface area (Å²) in [4.78, 5) is 11.5. The first-order valence-corrected chi connectivity index (χ1v) is 9.81. The van der Waals surface area contributed by atoms with Gasteiger partial charge in [0.1, 0.15) is 0 Å². The van der Waals surface area contributed by atoms with E-state index < -0.39 is 0 Å². The fourth-order valence-electron chi connectivity index (χ4n) is 3.68. The van der Waals surface area contributed by atoms with Crippen LogP contribution in [-0.2, 0) is 25.7 Å². The zero-order valence-corrected chi connectivity index (χ0v) is 15.7. The average Bonchev–Trinajstić information content (AvgIpc) is 3.35. The number of fused-ring (bicyclic) bond motifs is 2. The molecule has 6 heteroatoms. The minimum Gasteiger partial charge on any atom is -0.315 e. The second-order valence-corrected chi connectivity index (χ2v) is 7.45. The van der Waals surface area contributed by atoms with E-state index in [4.69, 9.17) is 5.14 Å². The van der Waals surface area contributed by atoms with Crippen LogP contribution < -0.4 is 10.5 Å². The Hall–Kier alpha value is -1.79. The van der Waals surface area contributed by atoms with Crippen molar-refractivity contribution < 1.29 is 4.79 Å². The van der Waals surface area contributed by atoms with Gasteiger partial charge in [0, 0.05) is 36.1 Å². The van der Waals surface area contributed by atoms with Crippen LogP contribution in [0.1, 0.15) is 55.0 Å². The summed E-state index contributed by atoms with van der Waals surface area (Å²) in [6, 6.07) is 4.78. The number of hydrogen-bond acceptors (Lipinski definition) is 4. The van der Waals surface area contributed by atoms with Crippen LogP contribution in [0, 0.1) is 0 Å². The highest BCUT2D eigenvalue weighted by Gasteiger charge is 2.24. The smallest absolute Gasteiger partial charge is 0.298 e. The van der Waals surface area contributed by atoms with E-state index in [9.17, 15) is 4.79 Å². The summed E-state index contributed by atoms with van der Waals surface area (Å²) in [5, 5.41) is 12.2.